The van der Waals surface area contributed by atoms with E-state index in [1.807, 2.05) is 0 Å². The standard InChI is InChI=1S/C13H24BNO4/c1-12(2)8-7-9(12)13(3,16-4)11(10(8)15)19-14-17-5-6-18-14/h8-11H,5-7,15H2,1-4H3/t8-,9-,10-,11-,13-/m0/s1. The van der Waals surface area contributed by atoms with Crippen LogP contribution in [0.2, 0.25) is 0 Å². The molecule has 4 aliphatic rings. The number of hydrogen-bond acceptors (Lipinski definition) is 5. The zero-order valence-electron chi connectivity index (χ0n) is 12.2. The smallest absolute Gasteiger partial charge is 0.384 e. The zero-order chi connectivity index (χ0) is 13.8. The van der Waals surface area contributed by atoms with Crippen molar-refractivity contribution in [2.24, 2.45) is 23.0 Å². The number of ether oxygens (including phenoxy) is 1. The summed E-state index contributed by atoms with van der Waals surface area (Å²) in [5.74, 6) is 0.938. The first-order valence-electron chi connectivity index (χ1n) is 7.10. The molecule has 0 aromatic rings. The molecule has 0 radical (unpaired) electrons. The summed E-state index contributed by atoms with van der Waals surface area (Å²) in [6.45, 7) is 7.82. The lowest BCUT2D eigenvalue weighted by molar-refractivity contribution is -0.262. The maximum absolute atomic E-state index is 6.45. The summed E-state index contributed by atoms with van der Waals surface area (Å²) in [5.41, 5.74) is 6.28. The van der Waals surface area contributed by atoms with E-state index in [2.05, 4.69) is 20.8 Å². The monoisotopic (exact) mass is 269 g/mol. The Morgan fingerprint density at radius 1 is 1.21 bits per heavy atom. The molecular formula is C13H24BNO4. The third kappa shape index (κ3) is 1.81. The van der Waals surface area contributed by atoms with E-state index in [0.29, 0.717) is 25.0 Å². The second-order valence-corrected chi connectivity index (χ2v) is 6.77. The van der Waals surface area contributed by atoms with E-state index >= 15 is 0 Å². The van der Waals surface area contributed by atoms with Crippen molar-refractivity contribution in [3.63, 3.8) is 0 Å². The minimum absolute atomic E-state index is 0.0438. The second-order valence-electron chi connectivity index (χ2n) is 6.77. The van der Waals surface area contributed by atoms with Crippen LogP contribution in [0.4, 0.5) is 0 Å². The maximum Gasteiger partial charge on any atom is 0.639 e. The topological polar surface area (TPSA) is 62.9 Å². The van der Waals surface area contributed by atoms with Crippen molar-refractivity contribution in [3.05, 3.63) is 0 Å². The van der Waals surface area contributed by atoms with E-state index in [0.717, 1.165) is 6.42 Å². The fraction of sp³-hybridized carbons (Fsp3) is 1.00. The Balaban J connectivity index is 1.82. The van der Waals surface area contributed by atoms with Crippen LogP contribution in [-0.2, 0) is 18.7 Å². The lowest BCUT2D eigenvalue weighted by atomic mass is 9.42. The zero-order valence-corrected chi connectivity index (χ0v) is 12.2. The third-order valence-corrected chi connectivity index (χ3v) is 5.70. The Kier molecular flexibility index (Phi) is 3.23. The van der Waals surface area contributed by atoms with E-state index in [1.54, 1.807) is 7.11 Å². The summed E-state index contributed by atoms with van der Waals surface area (Å²) >= 11 is 0. The molecule has 1 heterocycles. The average Bonchev–Trinajstić information content (AvgIpc) is 2.85. The fourth-order valence-electron chi connectivity index (χ4n) is 4.40. The number of methoxy groups -OCH3 is 1. The van der Waals surface area contributed by atoms with Gasteiger partial charge < -0.3 is 24.4 Å². The SMILES string of the molecule is CO[C@]1(C)[C@@H](OB2OCCO2)[C@@H](N)[C@@H]2C[C@H]1C2(C)C. The first-order chi connectivity index (χ1) is 8.91. The van der Waals surface area contributed by atoms with Crippen molar-refractivity contribution < 1.29 is 18.7 Å². The summed E-state index contributed by atoms with van der Waals surface area (Å²) in [6, 6.07) is -0.0438. The molecule has 4 rings (SSSR count). The predicted octanol–water partition coefficient (Wildman–Crippen LogP) is 0.812. The van der Waals surface area contributed by atoms with Crippen molar-refractivity contribution in [3.8, 4) is 0 Å². The summed E-state index contributed by atoms with van der Waals surface area (Å²) in [7, 11) is 1.15. The summed E-state index contributed by atoms with van der Waals surface area (Å²) in [4.78, 5) is 0. The van der Waals surface area contributed by atoms with Gasteiger partial charge >= 0.3 is 7.32 Å². The van der Waals surface area contributed by atoms with Crippen LogP contribution in [0.15, 0.2) is 0 Å². The van der Waals surface area contributed by atoms with Gasteiger partial charge in [0.1, 0.15) is 0 Å². The Hall–Kier alpha value is -0.135. The van der Waals surface area contributed by atoms with Gasteiger partial charge in [-0.1, -0.05) is 13.8 Å². The molecule has 0 aromatic heterocycles. The molecule has 0 unspecified atom stereocenters. The van der Waals surface area contributed by atoms with E-state index < -0.39 is 7.32 Å². The number of nitrogens with two attached hydrogens (primary N) is 1. The van der Waals surface area contributed by atoms with E-state index in [1.165, 1.54) is 0 Å². The summed E-state index contributed by atoms with van der Waals surface area (Å²) in [5, 5.41) is 0. The highest BCUT2D eigenvalue weighted by molar-refractivity contribution is 6.37. The Morgan fingerprint density at radius 3 is 2.37 bits per heavy atom. The van der Waals surface area contributed by atoms with Crippen molar-refractivity contribution in [1.29, 1.82) is 0 Å². The van der Waals surface area contributed by atoms with Crippen LogP contribution in [0, 0.1) is 17.3 Å². The number of fused-ring (bicyclic) bond motifs is 2. The summed E-state index contributed by atoms with van der Waals surface area (Å²) < 4.78 is 22.6. The molecule has 2 N–H and O–H groups in total. The highest BCUT2D eigenvalue weighted by atomic mass is 16.8. The van der Waals surface area contributed by atoms with Crippen LogP contribution in [0.1, 0.15) is 27.2 Å². The molecule has 19 heavy (non-hydrogen) atoms. The molecule has 6 heteroatoms. The van der Waals surface area contributed by atoms with Crippen molar-refractivity contribution >= 4 is 7.32 Å². The summed E-state index contributed by atoms with van der Waals surface area (Å²) in [6.07, 6.45) is 0.933. The Labute approximate surface area is 115 Å². The molecule has 0 amide bonds. The van der Waals surface area contributed by atoms with Gasteiger partial charge in [0.05, 0.1) is 24.9 Å². The fourth-order valence-corrected chi connectivity index (χ4v) is 4.40. The number of hydrogen-bond donors (Lipinski definition) is 1. The molecule has 1 saturated heterocycles. The van der Waals surface area contributed by atoms with Crippen molar-refractivity contribution in [2.45, 2.75) is 44.9 Å². The highest BCUT2D eigenvalue weighted by Gasteiger charge is 2.68. The van der Waals surface area contributed by atoms with Gasteiger partial charge in [0.25, 0.3) is 0 Å². The van der Waals surface area contributed by atoms with Crippen LogP contribution in [0.25, 0.3) is 0 Å². The minimum atomic E-state index is -0.592. The molecule has 0 aromatic carbocycles. The average molecular weight is 269 g/mol. The minimum Gasteiger partial charge on any atom is -0.384 e. The molecule has 108 valence electrons. The molecule has 2 bridgehead atoms. The maximum atomic E-state index is 6.45. The van der Waals surface area contributed by atoms with Gasteiger partial charge in [0.2, 0.25) is 0 Å². The molecule has 5 nitrogen and oxygen atoms in total. The van der Waals surface area contributed by atoms with E-state index in [4.69, 9.17) is 24.4 Å². The molecule has 4 fully saturated rings. The quantitative estimate of drug-likeness (QED) is 0.768. The lowest BCUT2D eigenvalue weighted by Crippen LogP contribution is -2.76. The van der Waals surface area contributed by atoms with Gasteiger partial charge in [-0.25, -0.2) is 0 Å². The largest absolute Gasteiger partial charge is 0.639 e. The molecule has 0 spiro atoms. The molecular weight excluding hydrogens is 245 g/mol. The normalized spacial score (nSPS) is 48.2. The van der Waals surface area contributed by atoms with E-state index in [9.17, 15) is 0 Å². The van der Waals surface area contributed by atoms with Gasteiger partial charge in [-0.3, -0.25) is 0 Å². The van der Waals surface area contributed by atoms with Gasteiger partial charge in [0.15, 0.2) is 0 Å². The first-order valence-corrected chi connectivity index (χ1v) is 7.10. The Bertz CT molecular complexity index is 361. The van der Waals surface area contributed by atoms with Crippen LogP contribution in [0.5, 0.6) is 0 Å². The van der Waals surface area contributed by atoms with Gasteiger partial charge in [-0.05, 0) is 30.6 Å². The first kappa shape index (κ1) is 13.8. The Morgan fingerprint density at radius 2 is 1.84 bits per heavy atom. The van der Waals surface area contributed by atoms with Crippen LogP contribution in [0.3, 0.4) is 0 Å². The van der Waals surface area contributed by atoms with Crippen molar-refractivity contribution in [1.82, 2.24) is 0 Å². The molecule has 1 aliphatic heterocycles. The lowest BCUT2D eigenvalue weighted by Gasteiger charge is -2.68. The predicted molar refractivity (Wildman–Crippen MR) is 71.3 cm³/mol. The van der Waals surface area contributed by atoms with Gasteiger partial charge in [-0.2, -0.15) is 0 Å². The second kappa shape index (κ2) is 4.43. The van der Waals surface area contributed by atoms with Crippen molar-refractivity contribution in [2.75, 3.05) is 20.3 Å². The number of rotatable bonds is 3. The third-order valence-electron chi connectivity index (χ3n) is 5.70. The van der Waals surface area contributed by atoms with Crippen LogP contribution < -0.4 is 5.73 Å². The molecule has 3 saturated carbocycles. The molecule has 5 atom stereocenters. The molecule has 3 aliphatic carbocycles. The van der Waals surface area contributed by atoms with Crippen LogP contribution >= 0.6 is 0 Å². The highest BCUT2D eigenvalue weighted by Crippen LogP contribution is 2.63. The van der Waals surface area contributed by atoms with Gasteiger partial charge in [0, 0.05) is 13.2 Å². The van der Waals surface area contributed by atoms with E-state index in [-0.39, 0.29) is 23.2 Å². The van der Waals surface area contributed by atoms with Crippen LogP contribution in [-0.4, -0.2) is 45.4 Å². The van der Waals surface area contributed by atoms with Gasteiger partial charge in [-0.15, -0.1) is 0 Å².